The minimum atomic E-state index is -0.338. The number of hydrogen-bond donors (Lipinski definition) is 2. The summed E-state index contributed by atoms with van der Waals surface area (Å²) >= 11 is 0. The molecule has 0 aromatic heterocycles. The molecule has 1 amide bonds. The van der Waals surface area contributed by atoms with Gasteiger partial charge in [0.05, 0.1) is 5.69 Å². The highest BCUT2D eigenvalue weighted by Crippen LogP contribution is 2.13. The summed E-state index contributed by atoms with van der Waals surface area (Å²) < 4.78 is 4.88. The van der Waals surface area contributed by atoms with Gasteiger partial charge in [-0.1, -0.05) is 6.07 Å². The largest absolute Gasteiger partial charge is 0.550 e. The Morgan fingerprint density at radius 2 is 2.43 bits per heavy atom. The zero-order valence-corrected chi connectivity index (χ0v) is 7.23. The molecule has 1 heterocycles. The molecule has 0 bridgehead atoms. The molecule has 0 unspecified atom stereocenters. The maximum Gasteiger partial charge on any atom is 0.412 e. The third-order valence-corrected chi connectivity index (χ3v) is 1.87. The zero-order chi connectivity index (χ0) is 9.97. The maximum absolute atomic E-state index is 11.2. The lowest BCUT2D eigenvalue weighted by molar-refractivity contribution is 0.0953. The number of carbonyl (C=O) groups excluding carboxylic acids is 1. The number of rotatable bonds is 1. The van der Waals surface area contributed by atoms with Gasteiger partial charge in [0.2, 0.25) is 0 Å². The number of fused-ring (bicyclic) bond motifs is 1. The van der Waals surface area contributed by atoms with Crippen LogP contribution in [0.3, 0.4) is 0 Å². The van der Waals surface area contributed by atoms with Gasteiger partial charge in [0, 0.05) is 5.56 Å². The number of carbonyl (C=O) groups is 1. The van der Waals surface area contributed by atoms with Crippen LogP contribution in [0.25, 0.3) is 0 Å². The number of nitrogens with two attached hydrogens (primary N) is 1. The summed E-state index contributed by atoms with van der Waals surface area (Å²) in [5.74, 6) is 4.67. The molecular weight excluding hydrogens is 181 g/mol. The molecule has 1 aromatic carbocycles. The lowest BCUT2D eigenvalue weighted by atomic mass is 9.85. The Labute approximate surface area is 81.2 Å². The molecular formula is C8H7BN3O2. The van der Waals surface area contributed by atoms with E-state index in [1.165, 1.54) is 6.40 Å². The first-order chi connectivity index (χ1) is 6.81. The maximum atomic E-state index is 11.2. The molecule has 1 aliphatic rings. The fourth-order valence-corrected chi connectivity index (χ4v) is 1.17. The van der Waals surface area contributed by atoms with Gasteiger partial charge in [0.1, 0.15) is 0 Å². The molecule has 0 spiro atoms. The second-order valence-corrected chi connectivity index (χ2v) is 2.74. The number of hydrazine groups is 1. The molecule has 0 saturated heterocycles. The zero-order valence-electron chi connectivity index (χ0n) is 7.23. The van der Waals surface area contributed by atoms with Crippen LogP contribution in [0, 0.1) is 0 Å². The quantitative estimate of drug-likeness (QED) is 0.263. The summed E-state index contributed by atoms with van der Waals surface area (Å²) in [5.41, 5.74) is 4.05. The Balaban J connectivity index is 2.40. The molecule has 3 N–H and O–H groups in total. The molecule has 0 fully saturated rings. The Bertz CT molecular complexity index is 406. The molecule has 1 aromatic rings. The number of amides is 1. The first kappa shape index (κ1) is 8.77. The van der Waals surface area contributed by atoms with Crippen molar-refractivity contribution in [2.75, 3.05) is 0 Å². The van der Waals surface area contributed by atoms with E-state index in [1.54, 1.807) is 25.7 Å². The summed E-state index contributed by atoms with van der Waals surface area (Å²) in [7, 11) is 1.56. The van der Waals surface area contributed by atoms with E-state index < -0.39 is 0 Å². The van der Waals surface area contributed by atoms with Gasteiger partial charge in [0.25, 0.3) is 5.91 Å². The Hall–Kier alpha value is -1.82. The monoisotopic (exact) mass is 188 g/mol. The average molecular weight is 188 g/mol. The van der Waals surface area contributed by atoms with Gasteiger partial charge in [-0.05, 0) is 17.6 Å². The normalized spacial score (nSPS) is 12.4. The molecule has 0 aliphatic carbocycles. The lowest BCUT2D eigenvalue weighted by Crippen LogP contribution is -2.30. The van der Waals surface area contributed by atoms with E-state index in [2.05, 4.69) is 10.4 Å². The van der Waals surface area contributed by atoms with Crippen LogP contribution in [0.5, 0.6) is 0 Å². The lowest BCUT2D eigenvalue weighted by Gasteiger charge is -2.09. The fourth-order valence-electron chi connectivity index (χ4n) is 1.17. The van der Waals surface area contributed by atoms with Crippen molar-refractivity contribution in [2.24, 2.45) is 10.8 Å². The SMILES string of the molecule is NNC(=O)c1ccc2c(c1)N=CO[B]2. The van der Waals surface area contributed by atoms with E-state index in [9.17, 15) is 4.79 Å². The fraction of sp³-hybridized carbons (Fsp3) is 0. The Kier molecular flexibility index (Phi) is 2.20. The van der Waals surface area contributed by atoms with Crippen LogP contribution in [-0.4, -0.2) is 19.8 Å². The van der Waals surface area contributed by atoms with Crippen molar-refractivity contribution >= 4 is 30.9 Å². The van der Waals surface area contributed by atoms with Crippen LogP contribution in [0.15, 0.2) is 23.2 Å². The molecule has 1 radical (unpaired) electrons. The number of aliphatic imine (C=N–C) groups is 1. The van der Waals surface area contributed by atoms with Crippen molar-refractivity contribution in [3.8, 4) is 0 Å². The molecule has 14 heavy (non-hydrogen) atoms. The third-order valence-electron chi connectivity index (χ3n) is 1.87. The van der Waals surface area contributed by atoms with Gasteiger partial charge >= 0.3 is 7.48 Å². The van der Waals surface area contributed by atoms with E-state index in [4.69, 9.17) is 10.5 Å². The number of nitrogens with zero attached hydrogens (tertiary/aromatic N) is 1. The minimum Gasteiger partial charge on any atom is -0.550 e. The van der Waals surface area contributed by atoms with Crippen molar-refractivity contribution in [2.45, 2.75) is 0 Å². The molecule has 5 nitrogen and oxygen atoms in total. The second kappa shape index (κ2) is 3.51. The Morgan fingerprint density at radius 3 is 3.21 bits per heavy atom. The molecule has 0 saturated carbocycles. The highest BCUT2D eigenvalue weighted by Gasteiger charge is 2.12. The second-order valence-electron chi connectivity index (χ2n) is 2.74. The van der Waals surface area contributed by atoms with E-state index in [-0.39, 0.29) is 5.91 Å². The highest BCUT2D eigenvalue weighted by molar-refractivity contribution is 6.51. The van der Waals surface area contributed by atoms with Gasteiger partial charge in [0.15, 0.2) is 6.40 Å². The number of benzene rings is 1. The van der Waals surface area contributed by atoms with E-state index in [0.717, 1.165) is 5.46 Å². The van der Waals surface area contributed by atoms with Gasteiger partial charge in [-0.3, -0.25) is 10.2 Å². The van der Waals surface area contributed by atoms with Gasteiger partial charge < -0.3 is 4.65 Å². The van der Waals surface area contributed by atoms with Crippen molar-refractivity contribution in [1.82, 2.24) is 5.43 Å². The van der Waals surface area contributed by atoms with Gasteiger partial charge in [-0.15, -0.1) is 0 Å². The van der Waals surface area contributed by atoms with Crippen molar-refractivity contribution in [1.29, 1.82) is 0 Å². The van der Waals surface area contributed by atoms with E-state index in [0.29, 0.717) is 11.3 Å². The van der Waals surface area contributed by atoms with Crippen LogP contribution < -0.4 is 16.7 Å². The summed E-state index contributed by atoms with van der Waals surface area (Å²) in [6.07, 6.45) is 1.31. The number of hydrogen-bond acceptors (Lipinski definition) is 4. The van der Waals surface area contributed by atoms with Crippen LogP contribution in [0.1, 0.15) is 10.4 Å². The minimum absolute atomic E-state index is 0.338. The predicted octanol–water partition coefficient (Wildman–Crippen LogP) is -0.775. The first-order valence-electron chi connectivity index (χ1n) is 3.97. The smallest absolute Gasteiger partial charge is 0.412 e. The van der Waals surface area contributed by atoms with Crippen LogP contribution >= 0.6 is 0 Å². The van der Waals surface area contributed by atoms with Crippen molar-refractivity contribution in [3.63, 3.8) is 0 Å². The summed E-state index contributed by atoms with van der Waals surface area (Å²) in [6.45, 7) is 0. The summed E-state index contributed by atoms with van der Waals surface area (Å²) in [6, 6.07) is 5.05. The average Bonchev–Trinajstić information content (AvgIpc) is 2.27. The van der Waals surface area contributed by atoms with Crippen molar-refractivity contribution < 1.29 is 9.45 Å². The summed E-state index contributed by atoms with van der Waals surface area (Å²) in [4.78, 5) is 15.1. The molecule has 2 rings (SSSR count). The first-order valence-corrected chi connectivity index (χ1v) is 3.97. The highest BCUT2D eigenvalue weighted by atomic mass is 16.4. The standard InChI is InChI=1S/C8H7BN3O2/c10-12-8(13)5-1-2-6-7(3-5)11-4-14-9-6/h1-4H,10H2,(H,12,13). The molecule has 69 valence electrons. The van der Waals surface area contributed by atoms with Gasteiger partial charge in [-0.2, -0.15) is 0 Å². The van der Waals surface area contributed by atoms with Crippen LogP contribution in [0.2, 0.25) is 0 Å². The van der Waals surface area contributed by atoms with Crippen LogP contribution in [-0.2, 0) is 4.65 Å². The van der Waals surface area contributed by atoms with Crippen molar-refractivity contribution in [3.05, 3.63) is 23.8 Å². The summed E-state index contributed by atoms with van der Waals surface area (Å²) in [5, 5.41) is 0. The molecule has 1 aliphatic heterocycles. The van der Waals surface area contributed by atoms with Gasteiger partial charge in [-0.25, -0.2) is 10.8 Å². The number of nitrogen functional groups attached to an aromatic ring is 1. The number of nitrogens with one attached hydrogen (secondary N) is 1. The Morgan fingerprint density at radius 1 is 1.57 bits per heavy atom. The van der Waals surface area contributed by atoms with E-state index >= 15 is 0 Å². The molecule has 0 atom stereocenters. The van der Waals surface area contributed by atoms with E-state index in [1.807, 2.05) is 0 Å². The topological polar surface area (TPSA) is 76.7 Å². The van der Waals surface area contributed by atoms with Crippen LogP contribution in [0.4, 0.5) is 5.69 Å². The molecule has 6 heteroatoms. The predicted molar refractivity (Wildman–Crippen MR) is 52.7 cm³/mol. The third kappa shape index (κ3) is 1.47.